The molecule has 0 fully saturated rings. The fourth-order valence-electron chi connectivity index (χ4n) is 3.32. The van der Waals surface area contributed by atoms with Gasteiger partial charge in [0.2, 0.25) is 5.89 Å². The Labute approximate surface area is 195 Å². The molecule has 0 saturated heterocycles. The molecule has 1 unspecified atom stereocenters. The first kappa shape index (κ1) is 22.8. The molecule has 0 saturated carbocycles. The van der Waals surface area contributed by atoms with Crippen LogP contribution in [0.2, 0.25) is 0 Å². The molecule has 2 N–H and O–H groups in total. The predicted molar refractivity (Wildman–Crippen MR) is 124 cm³/mol. The van der Waals surface area contributed by atoms with Crippen molar-refractivity contribution in [1.29, 1.82) is 0 Å². The molecule has 0 spiro atoms. The van der Waals surface area contributed by atoms with Crippen LogP contribution in [-0.4, -0.2) is 26.9 Å². The topological polar surface area (TPSA) is 93.0 Å². The number of alkyl carbamates (subject to hydrolysis) is 1. The van der Waals surface area contributed by atoms with E-state index in [4.69, 9.17) is 9.15 Å². The molecule has 0 bridgehead atoms. The molecule has 2 heterocycles. The highest BCUT2D eigenvalue weighted by molar-refractivity contribution is 7.98. The number of carbonyl (C=O) groups is 1. The third-order valence-electron chi connectivity index (χ3n) is 4.79. The van der Waals surface area contributed by atoms with Gasteiger partial charge < -0.3 is 19.5 Å². The van der Waals surface area contributed by atoms with E-state index in [1.165, 1.54) is 23.9 Å². The summed E-state index contributed by atoms with van der Waals surface area (Å²) in [6.07, 6.45) is 1.79. The van der Waals surface area contributed by atoms with E-state index in [9.17, 15) is 9.18 Å². The number of para-hydroxylation sites is 1. The number of amides is 1. The van der Waals surface area contributed by atoms with Gasteiger partial charge in [0.05, 0.1) is 0 Å². The summed E-state index contributed by atoms with van der Waals surface area (Å²) in [6, 6.07) is 13.6. The van der Waals surface area contributed by atoms with Crippen molar-refractivity contribution in [1.82, 2.24) is 20.5 Å². The van der Waals surface area contributed by atoms with Gasteiger partial charge in [-0.25, -0.2) is 9.18 Å². The monoisotopic (exact) mass is 468 g/mol. The van der Waals surface area contributed by atoms with E-state index >= 15 is 0 Å². The maximum absolute atomic E-state index is 13.1. The Balaban J connectivity index is 1.52. The summed E-state index contributed by atoms with van der Waals surface area (Å²) in [5, 5.41) is 12.6. The number of thioether (sulfide) groups is 1. The van der Waals surface area contributed by atoms with E-state index < -0.39 is 17.7 Å². The molecule has 0 aliphatic rings. The van der Waals surface area contributed by atoms with Gasteiger partial charge in [-0.05, 0) is 50.1 Å². The molecule has 9 heteroatoms. The lowest BCUT2D eigenvalue weighted by Crippen LogP contribution is -2.36. The molecule has 0 radical (unpaired) electrons. The molecule has 4 aromatic rings. The van der Waals surface area contributed by atoms with Crippen LogP contribution in [0.15, 0.2) is 64.4 Å². The van der Waals surface area contributed by atoms with Crippen molar-refractivity contribution in [3.8, 4) is 0 Å². The first-order chi connectivity index (χ1) is 15.8. The minimum Gasteiger partial charge on any atom is -0.444 e. The molecular formula is C24H25FN4O3S. The Morgan fingerprint density at radius 3 is 2.70 bits per heavy atom. The summed E-state index contributed by atoms with van der Waals surface area (Å²) < 4.78 is 24.4. The van der Waals surface area contributed by atoms with Gasteiger partial charge in [-0.2, -0.15) is 0 Å². The van der Waals surface area contributed by atoms with E-state index in [1.54, 1.807) is 32.9 Å². The number of nitrogens with zero attached hydrogens (tertiary/aromatic N) is 2. The number of benzene rings is 2. The molecule has 0 aliphatic heterocycles. The number of fused-ring (bicyclic) bond motifs is 1. The summed E-state index contributed by atoms with van der Waals surface area (Å²) in [4.78, 5) is 15.8. The van der Waals surface area contributed by atoms with Crippen molar-refractivity contribution in [2.75, 3.05) is 0 Å². The largest absolute Gasteiger partial charge is 0.444 e. The highest BCUT2D eigenvalue weighted by Crippen LogP contribution is 2.27. The summed E-state index contributed by atoms with van der Waals surface area (Å²) >= 11 is 1.34. The van der Waals surface area contributed by atoms with Gasteiger partial charge in [0.1, 0.15) is 17.5 Å². The molecule has 2 aromatic carbocycles. The van der Waals surface area contributed by atoms with Crippen LogP contribution in [-0.2, 0) is 16.9 Å². The Morgan fingerprint density at radius 1 is 1.18 bits per heavy atom. The zero-order chi connectivity index (χ0) is 23.4. The number of hydrogen-bond donors (Lipinski definition) is 2. The van der Waals surface area contributed by atoms with Crippen molar-refractivity contribution in [3.05, 3.63) is 77.6 Å². The van der Waals surface area contributed by atoms with Crippen molar-refractivity contribution in [3.63, 3.8) is 0 Å². The number of hydrogen-bond acceptors (Lipinski definition) is 6. The lowest BCUT2D eigenvalue weighted by molar-refractivity contribution is 0.0494. The van der Waals surface area contributed by atoms with Crippen LogP contribution >= 0.6 is 11.8 Å². The summed E-state index contributed by atoms with van der Waals surface area (Å²) in [7, 11) is 0. The second-order valence-corrected chi connectivity index (χ2v) is 9.51. The van der Waals surface area contributed by atoms with Gasteiger partial charge in [0.25, 0.3) is 5.22 Å². The zero-order valence-corrected chi connectivity index (χ0v) is 19.4. The molecule has 7 nitrogen and oxygen atoms in total. The summed E-state index contributed by atoms with van der Waals surface area (Å²) in [6.45, 7) is 5.41. The SMILES string of the molecule is CC(C)(C)OC(=O)NC(Cc1c[nH]c2ccccc12)c1nnc(SCc2ccc(F)cc2)o1. The van der Waals surface area contributed by atoms with Crippen molar-refractivity contribution >= 4 is 28.8 Å². The van der Waals surface area contributed by atoms with Crippen LogP contribution in [0, 0.1) is 5.82 Å². The number of nitrogens with one attached hydrogen (secondary N) is 2. The number of carbonyl (C=O) groups excluding carboxylic acids is 1. The van der Waals surface area contributed by atoms with Gasteiger partial charge in [-0.1, -0.05) is 42.1 Å². The molecule has 0 aliphatic carbocycles. The Morgan fingerprint density at radius 2 is 1.94 bits per heavy atom. The number of aromatic amines is 1. The fraction of sp³-hybridized carbons (Fsp3) is 0.292. The maximum Gasteiger partial charge on any atom is 0.408 e. The highest BCUT2D eigenvalue weighted by atomic mass is 32.2. The lowest BCUT2D eigenvalue weighted by Gasteiger charge is -2.22. The van der Waals surface area contributed by atoms with Crippen molar-refractivity contribution in [2.24, 2.45) is 0 Å². The van der Waals surface area contributed by atoms with Crippen LogP contribution in [0.25, 0.3) is 10.9 Å². The summed E-state index contributed by atoms with van der Waals surface area (Å²) in [5.41, 5.74) is 2.30. The van der Waals surface area contributed by atoms with E-state index in [1.807, 2.05) is 30.5 Å². The van der Waals surface area contributed by atoms with Crippen LogP contribution in [0.1, 0.15) is 43.8 Å². The van der Waals surface area contributed by atoms with Crippen LogP contribution < -0.4 is 5.32 Å². The molecule has 4 rings (SSSR count). The average Bonchev–Trinajstić information content (AvgIpc) is 3.39. The number of ether oxygens (including phenoxy) is 1. The van der Waals surface area contributed by atoms with Crippen LogP contribution in [0.5, 0.6) is 0 Å². The second kappa shape index (κ2) is 9.66. The third-order valence-corrected chi connectivity index (χ3v) is 5.68. The highest BCUT2D eigenvalue weighted by Gasteiger charge is 2.26. The smallest absolute Gasteiger partial charge is 0.408 e. The van der Waals surface area contributed by atoms with E-state index in [0.717, 1.165) is 22.0 Å². The van der Waals surface area contributed by atoms with E-state index in [0.29, 0.717) is 17.4 Å². The Bertz CT molecular complexity index is 1230. The van der Waals surface area contributed by atoms with Crippen molar-refractivity contribution in [2.45, 2.75) is 49.8 Å². The quantitative estimate of drug-likeness (QED) is 0.334. The first-order valence-corrected chi connectivity index (χ1v) is 11.5. The summed E-state index contributed by atoms with van der Waals surface area (Å²) in [5.74, 6) is 0.555. The minimum atomic E-state index is -0.638. The standard InChI is InChI=1S/C24H25FN4O3S/c1-24(2,3)32-22(30)27-20(12-16-13-26-19-7-5-4-6-18(16)19)21-28-29-23(31-21)33-14-15-8-10-17(25)11-9-15/h4-11,13,20,26H,12,14H2,1-3H3,(H,27,30). The van der Waals surface area contributed by atoms with Crippen LogP contribution in [0.4, 0.5) is 9.18 Å². The number of aromatic nitrogens is 3. The molecule has 172 valence electrons. The van der Waals surface area contributed by atoms with Gasteiger partial charge in [0.15, 0.2) is 0 Å². The Hall–Kier alpha value is -3.33. The van der Waals surface area contributed by atoms with Gasteiger partial charge in [-0.3, -0.25) is 0 Å². The van der Waals surface area contributed by atoms with E-state index in [-0.39, 0.29) is 11.7 Å². The number of rotatable bonds is 7. The zero-order valence-electron chi connectivity index (χ0n) is 18.6. The van der Waals surface area contributed by atoms with Gasteiger partial charge in [-0.15, -0.1) is 10.2 Å². The Kier molecular flexibility index (Phi) is 6.69. The molecule has 33 heavy (non-hydrogen) atoms. The van der Waals surface area contributed by atoms with Crippen molar-refractivity contribution < 1.29 is 18.3 Å². The average molecular weight is 469 g/mol. The predicted octanol–water partition coefficient (Wildman–Crippen LogP) is 5.79. The second-order valence-electron chi connectivity index (χ2n) is 8.58. The third kappa shape index (κ3) is 6.13. The van der Waals surface area contributed by atoms with Gasteiger partial charge in [0, 0.05) is 29.3 Å². The van der Waals surface area contributed by atoms with E-state index in [2.05, 4.69) is 20.5 Å². The minimum absolute atomic E-state index is 0.280. The molecule has 2 aromatic heterocycles. The molecule has 1 amide bonds. The maximum atomic E-state index is 13.1. The molecule has 1 atom stereocenters. The first-order valence-electron chi connectivity index (χ1n) is 10.5. The number of halogens is 1. The number of H-pyrrole nitrogens is 1. The lowest BCUT2D eigenvalue weighted by atomic mass is 10.1. The molecular weight excluding hydrogens is 443 g/mol. The van der Waals surface area contributed by atoms with Crippen LogP contribution in [0.3, 0.4) is 0 Å². The fourth-order valence-corrected chi connectivity index (χ4v) is 4.04. The van der Waals surface area contributed by atoms with Gasteiger partial charge >= 0.3 is 6.09 Å². The normalized spacial score (nSPS) is 12.6.